The molecule has 0 saturated carbocycles. The van der Waals surface area contributed by atoms with E-state index in [1.807, 2.05) is 26.8 Å². The fourth-order valence-corrected chi connectivity index (χ4v) is 2.93. The third-order valence-electron chi connectivity index (χ3n) is 3.25. The molecule has 5 nitrogen and oxygen atoms in total. The maximum absolute atomic E-state index is 11.6. The van der Waals surface area contributed by atoms with Crippen molar-refractivity contribution in [2.75, 3.05) is 19.7 Å². The van der Waals surface area contributed by atoms with Crippen LogP contribution in [0.5, 0.6) is 5.75 Å². The quantitative estimate of drug-likeness (QED) is 0.798. The SMILES string of the molecule is CC(C)(C)OC(=O)NCCNC1CCOc2c(Cl)cc(Cl)cc21. The van der Waals surface area contributed by atoms with Crippen LogP contribution in [0.1, 0.15) is 38.8 Å². The number of halogens is 2. The highest BCUT2D eigenvalue weighted by molar-refractivity contribution is 6.35. The number of hydrogen-bond donors (Lipinski definition) is 2. The zero-order valence-electron chi connectivity index (χ0n) is 13.5. The number of rotatable bonds is 4. The van der Waals surface area contributed by atoms with E-state index >= 15 is 0 Å². The molecular formula is C16H22Cl2N2O3. The Kier molecular flexibility index (Phi) is 6.00. The van der Waals surface area contributed by atoms with E-state index in [1.54, 1.807) is 6.07 Å². The third kappa shape index (κ3) is 5.44. The Morgan fingerprint density at radius 1 is 1.35 bits per heavy atom. The maximum Gasteiger partial charge on any atom is 0.407 e. The van der Waals surface area contributed by atoms with Crippen molar-refractivity contribution >= 4 is 29.3 Å². The van der Waals surface area contributed by atoms with Crippen LogP contribution in [0.25, 0.3) is 0 Å². The lowest BCUT2D eigenvalue weighted by atomic mass is 10.0. The van der Waals surface area contributed by atoms with Crippen molar-refractivity contribution in [2.45, 2.75) is 38.8 Å². The van der Waals surface area contributed by atoms with E-state index in [9.17, 15) is 4.79 Å². The standard InChI is InChI=1S/C16H22Cl2N2O3/c1-16(2,3)23-15(21)20-6-5-19-13-4-7-22-14-11(13)8-10(17)9-12(14)18/h8-9,13,19H,4-7H2,1-3H3,(H,20,21). The lowest BCUT2D eigenvalue weighted by molar-refractivity contribution is 0.0527. The van der Waals surface area contributed by atoms with E-state index < -0.39 is 11.7 Å². The first-order valence-electron chi connectivity index (χ1n) is 7.58. The third-order valence-corrected chi connectivity index (χ3v) is 3.75. The topological polar surface area (TPSA) is 59.6 Å². The second-order valence-electron chi connectivity index (χ2n) is 6.38. The van der Waals surface area contributed by atoms with Gasteiger partial charge in [-0.2, -0.15) is 0 Å². The summed E-state index contributed by atoms with van der Waals surface area (Å²) in [6.45, 7) is 7.15. The van der Waals surface area contributed by atoms with Crippen LogP contribution >= 0.6 is 23.2 Å². The Morgan fingerprint density at radius 2 is 2.09 bits per heavy atom. The first-order valence-corrected chi connectivity index (χ1v) is 8.34. The van der Waals surface area contributed by atoms with Gasteiger partial charge in [0.05, 0.1) is 11.6 Å². The molecule has 0 fully saturated rings. The Hall–Kier alpha value is -1.17. The van der Waals surface area contributed by atoms with Crippen LogP contribution in [0.15, 0.2) is 12.1 Å². The molecule has 0 spiro atoms. The van der Waals surface area contributed by atoms with Gasteiger partial charge in [0.25, 0.3) is 0 Å². The number of nitrogens with one attached hydrogen (secondary N) is 2. The first-order chi connectivity index (χ1) is 10.8. The van der Waals surface area contributed by atoms with Crippen molar-refractivity contribution in [3.63, 3.8) is 0 Å². The summed E-state index contributed by atoms with van der Waals surface area (Å²) >= 11 is 12.2. The van der Waals surface area contributed by atoms with Gasteiger partial charge < -0.3 is 20.1 Å². The van der Waals surface area contributed by atoms with Crippen LogP contribution in [0.2, 0.25) is 10.0 Å². The van der Waals surface area contributed by atoms with Crippen molar-refractivity contribution in [1.82, 2.24) is 10.6 Å². The van der Waals surface area contributed by atoms with E-state index in [1.165, 1.54) is 0 Å². The van der Waals surface area contributed by atoms with Crippen molar-refractivity contribution in [2.24, 2.45) is 0 Å². The van der Waals surface area contributed by atoms with Gasteiger partial charge in [-0.1, -0.05) is 23.2 Å². The van der Waals surface area contributed by atoms with Crippen LogP contribution in [-0.2, 0) is 4.74 Å². The highest BCUT2D eigenvalue weighted by Crippen LogP contribution is 2.39. The molecule has 128 valence electrons. The summed E-state index contributed by atoms with van der Waals surface area (Å²) in [7, 11) is 0. The normalized spacial score (nSPS) is 17.2. The fraction of sp³-hybridized carbons (Fsp3) is 0.562. The summed E-state index contributed by atoms with van der Waals surface area (Å²) in [6, 6.07) is 3.63. The molecular weight excluding hydrogens is 339 g/mol. The van der Waals surface area contributed by atoms with Crippen molar-refractivity contribution in [3.05, 3.63) is 27.7 Å². The molecule has 2 N–H and O–H groups in total. The molecule has 1 aliphatic heterocycles. The van der Waals surface area contributed by atoms with Gasteiger partial charge in [0.15, 0.2) is 0 Å². The van der Waals surface area contributed by atoms with E-state index in [2.05, 4.69) is 10.6 Å². The Labute approximate surface area is 146 Å². The Balaban J connectivity index is 1.85. The smallest absolute Gasteiger partial charge is 0.407 e. The molecule has 0 bridgehead atoms. The fourth-order valence-electron chi connectivity index (χ4n) is 2.36. The minimum atomic E-state index is -0.495. The van der Waals surface area contributed by atoms with Crippen molar-refractivity contribution in [3.8, 4) is 5.75 Å². The molecule has 1 atom stereocenters. The van der Waals surface area contributed by atoms with Crippen LogP contribution in [0, 0.1) is 0 Å². The molecule has 0 saturated heterocycles. The predicted molar refractivity (Wildman–Crippen MR) is 91.6 cm³/mol. The lowest BCUT2D eigenvalue weighted by Gasteiger charge is -2.28. The summed E-state index contributed by atoms with van der Waals surface area (Å²) in [5, 5.41) is 7.20. The number of carbonyl (C=O) groups excluding carboxylic acids is 1. The Bertz CT molecular complexity index is 573. The molecule has 0 aromatic heterocycles. The second kappa shape index (κ2) is 7.60. The largest absolute Gasteiger partial charge is 0.492 e. The van der Waals surface area contributed by atoms with Crippen LogP contribution in [0.3, 0.4) is 0 Å². The van der Waals surface area contributed by atoms with E-state index in [4.69, 9.17) is 32.7 Å². The molecule has 0 radical (unpaired) electrons. The van der Waals surface area contributed by atoms with E-state index in [0.717, 1.165) is 12.0 Å². The van der Waals surface area contributed by atoms with E-state index in [-0.39, 0.29) is 6.04 Å². The molecule has 2 rings (SSSR count). The second-order valence-corrected chi connectivity index (χ2v) is 7.22. The van der Waals surface area contributed by atoms with Gasteiger partial charge in [-0.15, -0.1) is 0 Å². The first kappa shape index (κ1) is 18.2. The van der Waals surface area contributed by atoms with E-state index in [0.29, 0.717) is 35.5 Å². The molecule has 0 aliphatic carbocycles. The summed E-state index contributed by atoms with van der Waals surface area (Å²) in [6.07, 6.45) is 0.397. The number of hydrogen-bond acceptors (Lipinski definition) is 4. The van der Waals surface area contributed by atoms with Gasteiger partial charge in [0.1, 0.15) is 11.4 Å². The molecule has 1 amide bonds. The van der Waals surface area contributed by atoms with Crippen LogP contribution < -0.4 is 15.4 Å². The monoisotopic (exact) mass is 360 g/mol. The minimum Gasteiger partial charge on any atom is -0.492 e. The van der Waals surface area contributed by atoms with Gasteiger partial charge >= 0.3 is 6.09 Å². The number of alkyl carbamates (subject to hydrolysis) is 1. The zero-order chi connectivity index (χ0) is 17.0. The lowest BCUT2D eigenvalue weighted by Crippen LogP contribution is -2.38. The van der Waals surface area contributed by atoms with Gasteiger partial charge in [-0.3, -0.25) is 0 Å². The molecule has 1 heterocycles. The van der Waals surface area contributed by atoms with Gasteiger partial charge in [0.2, 0.25) is 0 Å². The number of amides is 1. The number of fused-ring (bicyclic) bond motifs is 1. The van der Waals surface area contributed by atoms with Crippen LogP contribution in [-0.4, -0.2) is 31.4 Å². The maximum atomic E-state index is 11.6. The number of benzene rings is 1. The number of carbonyl (C=O) groups is 1. The van der Waals surface area contributed by atoms with Crippen molar-refractivity contribution < 1.29 is 14.3 Å². The van der Waals surface area contributed by atoms with Gasteiger partial charge in [-0.05, 0) is 32.9 Å². The molecule has 7 heteroatoms. The molecule has 23 heavy (non-hydrogen) atoms. The summed E-state index contributed by atoms with van der Waals surface area (Å²) in [5.74, 6) is 0.680. The van der Waals surface area contributed by atoms with Gasteiger partial charge in [0, 0.05) is 36.1 Å². The highest BCUT2D eigenvalue weighted by atomic mass is 35.5. The predicted octanol–water partition coefficient (Wildman–Crippen LogP) is 3.93. The summed E-state index contributed by atoms with van der Waals surface area (Å²) in [5.41, 5.74) is 0.455. The minimum absolute atomic E-state index is 0.0930. The molecule has 1 aromatic rings. The number of ether oxygens (including phenoxy) is 2. The summed E-state index contributed by atoms with van der Waals surface area (Å²) < 4.78 is 10.8. The average Bonchev–Trinajstić information content (AvgIpc) is 2.42. The van der Waals surface area contributed by atoms with Crippen LogP contribution in [0.4, 0.5) is 4.79 Å². The van der Waals surface area contributed by atoms with Gasteiger partial charge in [-0.25, -0.2) is 4.79 Å². The average molecular weight is 361 g/mol. The van der Waals surface area contributed by atoms with Crippen molar-refractivity contribution in [1.29, 1.82) is 0 Å². The molecule has 1 unspecified atom stereocenters. The highest BCUT2D eigenvalue weighted by Gasteiger charge is 2.24. The molecule has 1 aliphatic rings. The Morgan fingerprint density at radius 3 is 2.78 bits per heavy atom. The summed E-state index contributed by atoms with van der Waals surface area (Å²) in [4.78, 5) is 11.6. The zero-order valence-corrected chi connectivity index (χ0v) is 15.1. The molecule has 1 aromatic carbocycles.